The molecular weight excluding hydrogens is 529 g/mol. The van der Waals surface area contributed by atoms with Crippen molar-refractivity contribution < 1.29 is 14.7 Å². The number of ketones is 1. The molecule has 0 fully saturated rings. The molecule has 0 saturated carbocycles. The van der Waals surface area contributed by atoms with Gasteiger partial charge in [0.25, 0.3) is 5.91 Å². The van der Waals surface area contributed by atoms with Crippen molar-refractivity contribution in [2.24, 2.45) is 5.10 Å². The average molecular weight is 546 g/mol. The molecule has 4 aromatic rings. The van der Waals surface area contributed by atoms with Crippen LogP contribution in [0, 0.1) is 0 Å². The number of aromatic hydroxyl groups is 1. The standard InChI is InChI=1S/C24H17Cl2N3O4S2/c1-13(16-12-34-23(22(16)32)14-2-3-17(25)18(26)10-14)27-28-24(33)21-5-4-20(35-21)19(31)11-29-8-6-15(30)7-9-29/h2-10,12,32H,11H2,1H3,(H,28,33). The molecule has 0 unspecified atom stereocenters. The van der Waals surface area contributed by atoms with Crippen molar-refractivity contribution in [3.63, 3.8) is 0 Å². The molecular formula is C24H17Cl2N3O4S2. The van der Waals surface area contributed by atoms with Crippen molar-refractivity contribution in [1.82, 2.24) is 9.99 Å². The Balaban J connectivity index is 1.43. The van der Waals surface area contributed by atoms with E-state index >= 15 is 0 Å². The molecule has 0 aliphatic rings. The van der Waals surface area contributed by atoms with Crippen LogP contribution in [0.5, 0.6) is 5.75 Å². The van der Waals surface area contributed by atoms with E-state index in [2.05, 4.69) is 10.5 Å². The number of hydrazone groups is 1. The van der Waals surface area contributed by atoms with Gasteiger partial charge in [0.15, 0.2) is 11.2 Å². The van der Waals surface area contributed by atoms with Crippen LogP contribution >= 0.6 is 45.9 Å². The lowest BCUT2D eigenvalue weighted by Crippen LogP contribution is -2.18. The quantitative estimate of drug-likeness (QED) is 0.177. The van der Waals surface area contributed by atoms with E-state index in [-0.39, 0.29) is 23.5 Å². The van der Waals surface area contributed by atoms with E-state index in [0.29, 0.717) is 41.5 Å². The zero-order chi connectivity index (χ0) is 25.1. The van der Waals surface area contributed by atoms with E-state index in [4.69, 9.17) is 23.2 Å². The Morgan fingerprint density at radius 2 is 1.77 bits per heavy atom. The van der Waals surface area contributed by atoms with Crippen LogP contribution in [-0.4, -0.2) is 27.1 Å². The molecule has 0 saturated heterocycles. The Morgan fingerprint density at radius 1 is 1.06 bits per heavy atom. The van der Waals surface area contributed by atoms with E-state index < -0.39 is 5.91 Å². The number of aromatic nitrogens is 1. The molecule has 2 N–H and O–H groups in total. The van der Waals surface area contributed by atoms with Gasteiger partial charge in [-0.05, 0) is 36.8 Å². The number of halogens is 2. The Hall–Kier alpha value is -3.24. The Labute approximate surface area is 217 Å². The number of hydrogen-bond donors (Lipinski definition) is 2. The summed E-state index contributed by atoms with van der Waals surface area (Å²) in [5, 5.41) is 17.3. The first-order valence-electron chi connectivity index (χ1n) is 10.1. The summed E-state index contributed by atoms with van der Waals surface area (Å²) in [7, 11) is 0. The summed E-state index contributed by atoms with van der Waals surface area (Å²) in [5.41, 5.74) is 3.91. The van der Waals surface area contributed by atoms with Crippen molar-refractivity contribution >= 4 is 63.3 Å². The molecule has 178 valence electrons. The second-order valence-corrected chi connectivity index (χ2v) is 10.2. The third-order valence-corrected chi connectivity index (χ3v) is 7.84. The molecule has 35 heavy (non-hydrogen) atoms. The predicted octanol–water partition coefficient (Wildman–Crippen LogP) is 5.69. The van der Waals surface area contributed by atoms with Crippen LogP contribution in [0.25, 0.3) is 10.4 Å². The number of thiophene rings is 2. The fourth-order valence-corrected chi connectivity index (χ4v) is 5.23. The van der Waals surface area contributed by atoms with Gasteiger partial charge in [0.1, 0.15) is 5.75 Å². The maximum Gasteiger partial charge on any atom is 0.281 e. The van der Waals surface area contributed by atoms with Crippen LogP contribution in [0.4, 0.5) is 0 Å². The SMILES string of the molecule is CC(=NNC(=O)c1ccc(C(=O)Cn2ccc(=O)cc2)s1)c1csc(-c2ccc(Cl)c(Cl)c2)c1O. The van der Waals surface area contributed by atoms with E-state index in [9.17, 15) is 19.5 Å². The number of carbonyl (C=O) groups is 2. The minimum atomic E-state index is -0.476. The molecule has 1 aromatic carbocycles. The third kappa shape index (κ3) is 5.71. The number of amides is 1. The van der Waals surface area contributed by atoms with Crippen molar-refractivity contribution in [3.05, 3.63) is 95.8 Å². The van der Waals surface area contributed by atoms with Crippen LogP contribution in [0.15, 0.2) is 70.1 Å². The molecule has 0 spiro atoms. The number of carbonyl (C=O) groups excluding carboxylic acids is 2. The monoisotopic (exact) mass is 545 g/mol. The summed E-state index contributed by atoms with van der Waals surface area (Å²) in [6.45, 7) is 1.71. The van der Waals surface area contributed by atoms with Gasteiger partial charge in [-0.1, -0.05) is 29.3 Å². The van der Waals surface area contributed by atoms with Crippen LogP contribution < -0.4 is 10.9 Å². The van der Waals surface area contributed by atoms with Gasteiger partial charge < -0.3 is 9.67 Å². The van der Waals surface area contributed by atoms with Crippen LogP contribution in [-0.2, 0) is 6.54 Å². The summed E-state index contributed by atoms with van der Waals surface area (Å²) >= 11 is 14.4. The highest BCUT2D eigenvalue weighted by molar-refractivity contribution is 7.16. The van der Waals surface area contributed by atoms with Crippen LogP contribution in [0.1, 0.15) is 31.8 Å². The summed E-state index contributed by atoms with van der Waals surface area (Å²) in [6.07, 6.45) is 3.07. The first-order chi connectivity index (χ1) is 16.7. The minimum absolute atomic E-state index is 0.0235. The molecule has 0 atom stereocenters. The lowest BCUT2D eigenvalue weighted by molar-refractivity contribution is 0.0956. The Morgan fingerprint density at radius 3 is 2.49 bits per heavy atom. The Bertz CT molecular complexity index is 1500. The zero-order valence-corrected chi connectivity index (χ0v) is 21.3. The number of nitrogens with zero attached hydrogens (tertiary/aromatic N) is 2. The summed E-state index contributed by atoms with van der Waals surface area (Å²) in [6, 6.07) is 11.0. The van der Waals surface area contributed by atoms with Crippen LogP contribution in [0.3, 0.4) is 0 Å². The molecule has 11 heteroatoms. The highest BCUT2D eigenvalue weighted by Gasteiger charge is 2.17. The lowest BCUT2D eigenvalue weighted by atomic mass is 10.1. The lowest BCUT2D eigenvalue weighted by Gasteiger charge is -2.04. The van der Waals surface area contributed by atoms with E-state index in [1.807, 2.05) is 0 Å². The first-order valence-corrected chi connectivity index (χ1v) is 12.6. The highest BCUT2D eigenvalue weighted by atomic mass is 35.5. The van der Waals surface area contributed by atoms with Crippen molar-refractivity contribution in [2.75, 3.05) is 0 Å². The smallest absolute Gasteiger partial charge is 0.281 e. The normalized spacial score (nSPS) is 11.5. The molecule has 7 nitrogen and oxygen atoms in total. The van der Waals surface area contributed by atoms with Gasteiger partial charge >= 0.3 is 0 Å². The van der Waals surface area contributed by atoms with Gasteiger partial charge in [-0.3, -0.25) is 14.4 Å². The fraction of sp³-hybridized carbons (Fsp3) is 0.0833. The van der Waals surface area contributed by atoms with Crippen molar-refractivity contribution in [2.45, 2.75) is 13.5 Å². The maximum absolute atomic E-state index is 12.5. The van der Waals surface area contributed by atoms with Gasteiger partial charge in [-0.25, -0.2) is 5.43 Å². The number of benzene rings is 1. The van der Waals surface area contributed by atoms with Gasteiger partial charge in [0.2, 0.25) is 0 Å². The molecule has 3 aromatic heterocycles. The molecule has 0 aliphatic carbocycles. The topological polar surface area (TPSA) is 101 Å². The number of pyridine rings is 1. The van der Waals surface area contributed by atoms with E-state index in [0.717, 1.165) is 11.3 Å². The predicted molar refractivity (Wildman–Crippen MR) is 140 cm³/mol. The van der Waals surface area contributed by atoms with E-state index in [1.165, 1.54) is 35.9 Å². The number of Topliss-reactive ketones (excluding diaryl/α,β-unsaturated/α-hetero) is 1. The van der Waals surface area contributed by atoms with Crippen molar-refractivity contribution in [3.8, 4) is 16.2 Å². The molecule has 0 radical (unpaired) electrons. The van der Waals surface area contributed by atoms with Gasteiger partial charge in [-0.2, -0.15) is 5.10 Å². The minimum Gasteiger partial charge on any atom is -0.506 e. The average Bonchev–Trinajstić information content (AvgIpc) is 3.48. The first kappa shape index (κ1) is 24.9. The number of hydrogen-bond acceptors (Lipinski definition) is 7. The maximum atomic E-state index is 12.5. The molecule has 1 amide bonds. The van der Waals surface area contributed by atoms with Gasteiger partial charge in [0, 0.05) is 29.9 Å². The summed E-state index contributed by atoms with van der Waals surface area (Å²) in [4.78, 5) is 37.6. The van der Waals surface area contributed by atoms with Gasteiger partial charge in [0.05, 0.1) is 42.5 Å². The van der Waals surface area contributed by atoms with E-state index in [1.54, 1.807) is 47.2 Å². The largest absolute Gasteiger partial charge is 0.506 e. The number of nitrogens with one attached hydrogen (secondary N) is 1. The second kappa shape index (κ2) is 10.6. The summed E-state index contributed by atoms with van der Waals surface area (Å²) < 4.78 is 1.59. The fourth-order valence-electron chi connectivity index (χ4n) is 3.10. The van der Waals surface area contributed by atoms with Crippen LogP contribution in [0.2, 0.25) is 10.0 Å². The molecule has 4 rings (SSSR count). The second-order valence-electron chi connectivity index (χ2n) is 7.39. The summed E-state index contributed by atoms with van der Waals surface area (Å²) in [5.74, 6) is -0.637. The number of rotatable bonds is 7. The van der Waals surface area contributed by atoms with Gasteiger partial charge in [-0.15, -0.1) is 22.7 Å². The molecule has 0 bridgehead atoms. The molecule has 0 aliphatic heterocycles. The highest BCUT2D eigenvalue weighted by Crippen LogP contribution is 2.40. The zero-order valence-electron chi connectivity index (χ0n) is 18.1. The molecule has 3 heterocycles. The Kier molecular flexibility index (Phi) is 7.51. The third-order valence-electron chi connectivity index (χ3n) is 4.95. The van der Waals surface area contributed by atoms with Crippen molar-refractivity contribution in [1.29, 1.82) is 0 Å².